The summed E-state index contributed by atoms with van der Waals surface area (Å²) in [6.45, 7) is 3.42. The Hall–Kier alpha value is -3.15. The number of amides is 3. The average molecular weight is 380 g/mol. The maximum absolute atomic E-state index is 13.0. The van der Waals surface area contributed by atoms with Gasteiger partial charge in [0, 0.05) is 12.0 Å². The molecule has 3 rings (SSSR count). The normalized spacial score (nSPS) is 18.9. The Balaban J connectivity index is 1.76. The number of hydrogen-bond acceptors (Lipinski definition) is 4. The van der Waals surface area contributed by atoms with Crippen molar-refractivity contribution in [2.75, 3.05) is 13.7 Å². The smallest absolute Gasteiger partial charge is 0.325 e. The zero-order chi connectivity index (χ0) is 20.3. The number of ether oxygens (including phenoxy) is 1. The number of aryl methyl sites for hydroxylation is 1. The molecule has 0 aliphatic carbocycles. The molecule has 1 N–H and O–H groups in total. The van der Waals surface area contributed by atoms with Crippen LogP contribution < -0.4 is 10.1 Å². The van der Waals surface area contributed by atoms with Gasteiger partial charge in [0.2, 0.25) is 0 Å². The highest BCUT2D eigenvalue weighted by molar-refractivity contribution is 6.11. The molecule has 1 heterocycles. The van der Waals surface area contributed by atoms with Crippen molar-refractivity contribution in [3.05, 3.63) is 65.2 Å². The molecule has 0 aromatic heterocycles. The van der Waals surface area contributed by atoms with E-state index in [1.54, 1.807) is 32.2 Å². The van der Waals surface area contributed by atoms with Crippen LogP contribution in [0.3, 0.4) is 0 Å². The fourth-order valence-electron chi connectivity index (χ4n) is 3.40. The summed E-state index contributed by atoms with van der Waals surface area (Å²) in [5.41, 5.74) is 1.29. The standard InChI is InChI=1S/C22H24N2O4/c1-4-15-9-11-16(12-10-15)18(25)14-24-20(26)22(2,23-21(24)27)13-17-7-5-6-8-19(17)28-3/h5-12H,4,13-14H2,1-3H3,(H,23,27). The third kappa shape index (κ3) is 3.76. The van der Waals surface area contributed by atoms with Crippen molar-refractivity contribution < 1.29 is 19.1 Å². The first kappa shape index (κ1) is 19.6. The van der Waals surface area contributed by atoms with Gasteiger partial charge in [-0.2, -0.15) is 0 Å². The van der Waals surface area contributed by atoms with E-state index >= 15 is 0 Å². The van der Waals surface area contributed by atoms with Crippen LogP contribution in [0.2, 0.25) is 0 Å². The van der Waals surface area contributed by atoms with E-state index < -0.39 is 17.5 Å². The van der Waals surface area contributed by atoms with Crippen LogP contribution in [-0.2, 0) is 17.6 Å². The molecular formula is C22H24N2O4. The third-order valence-corrected chi connectivity index (χ3v) is 5.07. The molecule has 0 spiro atoms. The van der Waals surface area contributed by atoms with Gasteiger partial charge in [-0.3, -0.25) is 14.5 Å². The SMILES string of the molecule is CCc1ccc(C(=O)CN2C(=O)NC(C)(Cc3ccccc3OC)C2=O)cc1. The number of methoxy groups -OCH3 is 1. The topological polar surface area (TPSA) is 75.7 Å². The number of Topliss-reactive ketones (excluding diaryl/α,β-unsaturated/α-hetero) is 1. The van der Waals surface area contributed by atoms with Crippen molar-refractivity contribution in [1.29, 1.82) is 0 Å². The first-order valence-electron chi connectivity index (χ1n) is 9.26. The maximum atomic E-state index is 13.0. The molecule has 0 saturated carbocycles. The van der Waals surface area contributed by atoms with Crippen LogP contribution in [-0.4, -0.2) is 41.8 Å². The maximum Gasteiger partial charge on any atom is 0.325 e. The highest BCUT2D eigenvalue weighted by Crippen LogP contribution is 2.27. The van der Waals surface area contributed by atoms with E-state index in [1.807, 2.05) is 37.3 Å². The van der Waals surface area contributed by atoms with Crippen LogP contribution in [0.25, 0.3) is 0 Å². The molecule has 3 amide bonds. The van der Waals surface area contributed by atoms with Crippen molar-refractivity contribution >= 4 is 17.7 Å². The van der Waals surface area contributed by atoms with Crippen LogP contribution in [0.4, 0.5) is 4.79 Å². The monoisotopic (exact) mass is 380 g/mol. The number of nitrogens with one attached hydrogen (secondary N) is 1. The number of ketones is 1. The minimum absolute atomic E-state index is 0.271. The first-order chi connectivity index (χ1) is 13.4. The van der Waals surface area contributed by atoms with Crippen LogP contribution in [0.1, 0.15) is 35.3 Å². The van der Waals surface area contributed by atoms with E-state index in [4.69, 9.17) is 4.74 Å². The van der Waals surface area contributed by atoms with Crippen LogP contribution in [0.5, 0.6) is 5.75 Å². The number of benzene rings is 2. The van der Waals surface area contributed by atoms with Gasteiger partial charge < -0.3 is 10.1 Å². The molecule has 6 nitrogen and oxygen atoms in total. The summed E-state index contributed by atoms with van der Waals surface area (Å²) in [5, 5.41) is 2.73. The Labute approximate surface area is 164 Å². The lowest BCUT2D eigenvalue weighted by molar-refractivity contribution is -0.130. The Morgan fingerprint density at radius 2 is 1.79 bits per heavy atom. The molecule has 28 heavy (non-hydrogen) atoms. The van der Waals surface area contributed by atoms with E-state index in [1.165, 1.54) is 0 Å². The quantitative estimate of drug-likeness (QED) is 0.592. The molecule has 146 valence electrons. The summed E-state index contributed by atoms with van der Waals surface area (Å²) in [4.78, 5) is 38.9. The van der Waals surface area contributed by atoms with E-state index in [0.29, 0.717) is 11.3 Å². The summed E-state index contributed by atoms with van der Waals surface area (Å²) in [5.74, 6) is -0.0362. The van der Waals surface area contributed by atoms with Gasteiger partial charge in [0.1, 0.15) is 11.3 Å². The fraction of sp³-hybridized carbons (Fsp3) is 0.318. The number of hydrogen-bond donors (Lipinski definition) is 1. The van der Waals surface area contributed by atoms with E-state index in [2.05, 4.69) is 5.32 Å². The second-order valence-corrected chi connectivity index (χ2v) is 7.12. The summed E-state index contributed by atoms with van der Waals surface area (Å²) in [6, 6.07) is 14.0. The lowest BCUT2D eigenvalue weighted by Crippen LogP contribution is -2.46. The van der Waals surface area contributed by atoms with Gasteiger partial charge in [0.25, 0.3) is 5.91 Å². The molecule has 2 aromatic carbocycles. The van der Waals surface area contributed by atoms with E-state index in [-0.39, 0.29) is 18.7 Å². The summed E-state index contributed by atoms with van der Waals surface area (Å²) in [6.07, 6.45) is 1.15. The van der Waals surface area contributed by atoms with Crippen LogP contribution >= 0.6 is 0 Å². The molecule has 1 unspecified atom stereocenters. The lowest BCUT2D eigenvalue weighted by atomic mass is 9.92. The lowest BCUT2D eigenvalue weighted by Gasteiger charge is -2.22. The molecule has 6 heteroatoms. The predicted octanol–water partition coefficient (Wildman–Crippen LogP) is 2.99. The number of carbonyl (C=O) groups is 3. The number of imide groups is 1. The molecule has 1 aliphatic heterocycles. The van der Waals surface area contributed by atoms with E-state index in [0.717, 1.165) is 22.4 Å². The Bertz CT molecular complexity index is 907. The first-order valence-corrected chi connectivity index (χ1v) is 9.26. The fourth-order valence-corrected chi connectivity index (χ4v) is 3.40. The third-order valence-electron chi connectivity index (χ3n) is 5.07. The van der Waals surface area contributed by atoms with Crippen molar-refractivity contribution in [2.45, 2.75) is 32.2 Å². The second-order valence-electron chi connectivity index (χ2n) is 7.12. The Morgan fingerprint density at radius 1 is 1.11 bits per heavy atom. The molecule has 1 fully saturated rings. The van der Waals surface area contributed by atoms with Crippen LogP contribution in [0.15, 0.2) is 48.5 Å². The molecule has 2 aromatic rings. The largest absolute Gasteiger partial charge is 0.496 e. The number of nitrogens with zero attached hydrogens (tertiary/aromatic N) is 1. The highest BCUT2D eigenvalue weighted by Gasteiger charge is 2.48. The number of urea groups is 1. The Morgan fingerprint density at radius 3 is 2.43 bits per heavy atom. The van der Waals surface area contributed by atoms with Gasteiger partial charge >= 0.3 is 6.03 Å². The summed E-state index contributed by atoms with van der Waals surface area (Å²) >= 11 is 0. The highest BCUT2D eigenvalue weighted by atomic mass is 16.5. The number of rotatable bonds is 7. The van der Waals surface area contributed by atoms with Gasteiger partial charge in [0.05, 0.1) is 13.7 Å². The van der Waals surface area contributed by atoms with Crippen molar-refractivity contribution in [1.82, 2.24) is 10.2 Å². The van der Waals surface area contributed by atoms with Gasteiger partial charge in [-0.15, -0.1) is 0 Å². The predicted molar refractivity (Wildman–Crippen MR) is 105 cm³/mol. The molecule has 1 aliphatic rings. The minimum Gasteiger partial charge on any atom is -0.496 e. The Kier molecular flexibility index (Phi) is 5.49. The zero-order valence-corrected chi connectivity index (χ0v) is 16.3. The molecule has 0 bridgehead atoms. The van der Waals surface area contributed by atoms with Crippen molar-refractivity contribution in [3.63, 3.8) is 0 Å². The zero-order valence-electron chi connectivity index (χ0n) is 16.3. The molecule has 0 radical (unpaired) electrons. The number of para-hydroxylation sites is 1. The van der Waals surface area contributed by atoms with Gasteiger partial charge in [0.15, 0.2) is 5.78 Å². The van der Waals surface area contributed by atoms with E-state index in [9.17, 15) is 14.4 Å². The van der Waals surface area contributed by atoms with Crippen molar-refractivity contribution in [3.8, 4) is 5.75 Å². The molecular weight excluding hydrogens is 356 g/mol. The summed E-state index contributed by atoms with van der Waals surface area (Å²) in [7, 11) is 1.56. The molecule has 1 saturated heterocycles. The number of carbonyl (C=O) groups excluding carboxylic acids is 3. The van der Waals surface area contributed by atoms with Crippen LogP contribution in [0, 0.1) is 0 Å². The molecule has 1 atom stereocenters. The van der Waals surface area contributed by atoms with Gasteiger partial charge in [-0.1, -0.05) is 49.4 Å². The average Bonchev–Trinajstić information content (AvgIpc) is 2.91. The van der Waals surface area contributed by atoms with Gasteiger partial charge in [-0.05, 0) is 30.5 Å². The van der Waals surface area contributed by atoms with Gasteiger partial charge in [-0.25, -0.2) is 4.79 Å². The second kappa shape index (κ2) is 7.84. The summed E-state index contributed by atoms with van der Waals surface area (Å²) < 4.78 is 5.34. The van der Waals surface area contributed by atoms with Crippen molar-refractivity contribution in [2.24, 2.45) is 0 Å². The minimum atomic E-state index is -1.13.